The molecule has 0 saturated heterocycles. The highest BCUT2D eigenvalue weighted by Gasteiger charge is 2.01. The third-order valence-corrected chi connectivity index (χ3v) is 3.30. The van der Waals surface area contributed by atoms with E-state index in [-0.39, 0.29) is 6.61 Å². The first kappa shape index (κ1) is 11.4. The van der Waals surface area contributed by atoms with Gasteiger partial charge in [-0.05, 0) is 46.4 Å². The number of rotatable bonds is 3. The number of aliphatic hydroxyl groups is 1. The normalized spacial score (nSPS) is 11.8. The predicted octanol–water partition coefficient (Wildman–Crippen LogP) is 3.71. The Labute approximate surface area is 108 Å². The summed E-state index contributed by atoms with van der Waals surface area (Å²) in [5.41, 5.74) is 2.16. The highest BCUT2D eigenvalue weighted by molar-refractivity contribution is 14.1. The quantitative estimate of drug-likeness (QED) is 0.872. The lowest BCUT2D eigenvalue weighted by atomic mass is 10.1. The van der Waals surface area contributed by atoms with Crippen LogP contribution in [0.3, 0.4) is 0 Å². The average molecular weight is 326 g/mol. The topological polar surface area (TPSA) is 33.4 Å². The fraction of sp³-hybridized carbons (Fsp3) is 0.0769. The van der Waals surface area contributed by atoms with Gasteiger partial charge >= 0.3 is 0 Å². The maximum Gasteiger partial charge on any atom is 0.133 e. The van der Waals surface area contributed by atoms with Gasteiger partial charge in [0.2, 0.25) is 0 Å². The van der Waals surface area contributed by atoms with Crippen molar-refractivity contribution in [3.05, 3.63) is 54.3 Å². The van der Waals surface area contributed by atoms with Crippen LogP contribution < -0.4 is 0 Å². The third-order valence-electron chi connectivity index (χ3n) is 2.24. The largest absolute Gasteiger partial charge is 0.464 e. The molecular formula is C13H11IO2. The van der Waals surface area contributed by atoms with Crippen molar-refractivity contribution in [2.75, 3.05) is 6.61 Å². The van der Waals surface area contributed by atoms with Gasteiger partial charge in [-0.15, -0.1) is 0 Å². The average Bonchev–Trinajstić information content (AvgIpc) is 2.83. The Morgan fingerprint density at radius 2 is 2.00 bits per heavy atom. The van der Waals surface area contributed by atoms with Crippen molar-refractivity contribution in [3.8, 4) is 11.3 Å². The zero-order valence-corrected chi connectivity index (χ0v) is 10.7. The molecule has 1 heterocycles. The summed E-state index contributed by atoms with van der Waals surface area (Å²) in [6.45, 7) is 0.0677. The molecule has 82 valence electrons. The van der Waals surface area contributed by atoms with E-state index in [1.54, 1.807) is 12.3 Å². The summed E-state index contributed by atoms with van der Waals surface area (Å²) in [6.07, 6.45) is 3.45. The molecule has 0 spiro atoms. The Kier molecular flexibility index (Phi) is 3.79. The zero-order valence-electron chi connectivity index (χ0n) is 8.56. The van der Waals surface area contributed by atoms with Crippen molar-refractivity contribution in [3.63, 3.8) is 0 Å². The Morgan fingerprint density at radius 1 is 1.25 bits per heavy atom. The summed E-state index contributed by atoms with van der Waals surface area (Å²) in [6, 6.07) is 11.9. The van der Waals surface area contributed by atoms with Crippen molar-refractivity contribution in [2.24, 2.45) is 0 Å². The lowest BCUT2D eigenvalue weighted by Crippen LogP contribution is -1.80. The summed E-state index contributed by atoms with van der Waals surface area (Å²) in [4.78, 5) is 0. The molecular weight excluding hydrogens is 315 g/mol. The second-order valence-electron chi connectivity index (χ2n) is 3.29. The molecule has 0 fully saturated rings. The van der Waals surface area contributed by atoms with Crippen molar-refractivity contribution in [1.29, 1.82) is 0 Å². The smallest absolute Gasteiger partial charge is 0.133 e. The van der Waals surface area contributed by atoms with Gasteiger partial charge in [-0.2, -0.15) is 0 Å². The molecule has 0 saturated carbocycles. The minimum absolute atomic E-state index is 0.0677. The van der Waals surface area contributed by atoms with E-state index in [4.69, 9.17) is 9.52 Å². The predicted molar refractivity (Wildman–Crippen MR) is 73.2 cm³/mol. The summed E-state index contributed by atoms with van der Waals surface area (Å²) in [5, 5.41) is 8.81. The molecule has 1 aromatic heterocycles. The number of hydrogen-bond donors (Lipinski definition) is 1. The number of furan rings is 1. The number of aliphatic hydroxyl groups excluding tert-OH is 1. The lowest BCUT2D eigenvalue weighted by molar-refractivity contribution is 0.343. The molecule has 1 N–H and O–H groups in total. The maximum atomic E-state index is 8.81. The first-order valence-corrected chi connectivity index (χ1v) is 6.00. The SMILES string of the molecule is OC/C=C(\I)c1ccc(-c2ccco2)cc1. The first-order valence-electron chi connectivity index (χ1n) is 4.92. The van der Waals surface area contributed by atoms with E-state index in [1.807, 2.05) is 36.4 Å². The van der Waals surface area contributed by atoms with Gasteiger partial charge in [0.15, 0.2) is 0 Å². The summed E-state index contributed by atoms with van der Waals surface area (Å²) >= 11 is 2.21. The highest BCUT2D eigenvalue weighted by atomic mass is 127. The fourth-order valence-electron chi connectivity index (χ4n) is 1.43. The van der Waals surface area contributed by atoms with Gasteiger partial charge in [0.25, 0.3) is 0 Å². The van der Waals surface area contributed by atoms with Gasteiger partial charge in [-0.1, -0.05) is 24.3 Å². The molecule has 0 aliphatic heterocycles. The lowest BCUT2D eigenvalue weighted by Gasteiger charge is -2.01. The number of halogens is 1. The van der Waals surface area contributed by atoms with Crippen LogP contribution in [-0.4, -0.2) is 11.7 Å². The minimum atomic E-state index is 0.0677. The van der Waals surface area contributed by atoms with Crippen LogP contribution in [0.2, 0.25) is 0 Å². The second kappa shape index (κ2) is 5.32. The van der Waals surface area contributed by atoms with E-state index in [2.05, 4.69) is 22.6 Å². The number of benzene rings is 1. The van der Waals surface area contributed by atoms with E-state index in [9.17, 15) is 0 Å². The van der Waals surface area contributed by atoms with E-state index >= 15 is 0 Å². The van der Waals surface area contributed by atoms with Crippen molar-refractivity contribution in [1.82, 2.24) is 0 Å². The molecule has 0 aliphatic carbocycles. The molecule has 0 amide bonds. The first-order chi connectivity index (χ1) is 7.81. The molecule has 3 heteroatoms. The van der Waals surface area contributed by atoms with Gasteiger partial charge < -0.3 is 9.52 Å². The summed E-state index contributed by atoms with van der Waals surface area (Å²) in [7, 11) is 0. The molecule has 0 unspecified atom stereocenters. The Morgan fingerprint density at radius 3 is 2.56 bits per heavy atom. The van der Waals surface area contributed by atoms with E-state index in [0.29, 0.717) is 0 Å². The van der Waals surface area contributed by atoms with Gasteiger partial charge in [0.05, 0.1) is 12.9 Å². The molecule has 0 atom stereocenters. The van der Waals surface area contributed by atoms with Crippen molar-refractivity contribution in [2.45, 2.75) is 0 Å². The van der Waals surface area contributed by atoms with Gasteiger partial charge in [-0.3, -0.25) is 0 Å². The molecule has 0 aliphatic rings. The molecule has 0 radical (unpaired) electrons. The minimum Gasteiger partial charge on any atom is -0.464 e. The summed E-state index contributed by atoms with van der Waals surface area (Å²) < 4.78 is 6.36. The molecule has 1 aromatic carbocycles. The Hall–Kier alpha value is -1.07. The second-order valence-corrected chi connectivity index (χ2v) is 4.45. The molecule has 2 aromatic rings. The van der Waals surface area contributed by atoms with E-state index in [1.165, 1.54) is 0 Å². The maximum absolute atomic E-state index is 8.81. The molecule has 2 nitrogen and oxygen atoms in total. The highest BCUT2D eigenvalue weighted by Crippen LogP contribution is 2.25. The number of hydrogen-bond acceptors (Lipinski definition) is 2. The van der Waals surface area contributed by atoms with Crippen molar-refractivity contribution >= 4 is 26.2 Å². The molecule has 16 heavy (non-hydrogen) atoms. The summed E-state index contributed by atoms with van der Waals surface area (Å²) in [5.74, 6) is 0.868. The van der Waals surface area contributed by atoms with Crippen LogP contribution in [0.15, 0.2) is 53.2 Å². The fourth-order valence-corrected chi connectivity index (χ4v) is 1.99. The standard InChI is InChI=1S/C13H11IO2/c14-12(7-8-15)10-3-5-11(6-4-10)13-2-1-9-16-13/h1-7,9,15H,8H2/b12-7-. The van der Waals surface area contributed by atoms with Crippen LogP contribution >= 0.6 is 22.6 Å². The van der Waals surface area contributed by atoms with Crippen LogP contribution in [0, 0.1) is 0 Å². The van der Waals surface area contributed by atoms with Crippen LogP contribution in [0.5, 0.6) is 0 Å². The van der Waals surface area contributed by atoms with E-state index < -0.39 is 0 Å². The molecule has 0 bridgehead atoms. The van der Waals surface area contributed by atoms with E-state index in [0.717, 1.165) is 20.5 Å². The van der Waals surface area contributed by atoms with Crippen LogP contribution in [0.4, 0.5) is 0 Å². The third kappa shape index (κ3) is 2.54. The Bertz CT molecular complexity index is 469. The Balaban J connectivity index is 2.26. The van der Waals surface area contributed by atoms with Gasteiger partial charge in [-0.25, -0.2) is 0 Å². The monoisotopic (exact) mass is 326 g/mol. The van der Waals surface area contributed by atoms with Crippen molar-refractivity contribution < 1.29 is 9.52 Å². The van der Waals surface area contributed by atoms with Gasteiger partial charge in [0.1, 0.15) is 5.76 Å². The van der Waals surface area contributed by atoms with Gasteiger partial charge in [0, 0.05) is 9.14 Å². The zero-order chi connectivity index (χ0) is 11.4. The molecule has 2 rings (SSSR count). The van der Waals surface area contributed by atoms with Crippen LogP contribution in [0.25, 0.3) is 14.9 Å². The van der Waals surface area contributed by atoms with Crippen LogP contribution in [-0.2, 0) is 0 Å². The van der Waals surface area contributed by atoms with Crippen LogP contribution in [0.1, 0.15) is 5.56 Å².